The van der Waals surface area contributed by atoms with E-state index in [1.54, 1.807) is 7.11 Å². The van der Waals surface area contributed by atoms with Gasteiger partial charge < -0.3 is 9.64 Å². The largest absolute Gasteiger partial charge is 0.495 e. The summed E-state index contributed by atoms with van der Waals surface area (Å²) in [4.78, 5) is 4.89. The summed E-state index contributed by atoms with van der Waals surface area (Å²) >= 11 is 0. The fraction of sp³-hybridized carbons (Fsp3) is 0.467. The zero-order valence-corrected chi connectivity index (χ0v) is 11.3. The summed E-state index contributed by atoms with van der Waals surface area (Å²) in [5.74, 6) is 0.972. The van der Waals surface area contributed by atoms with E-state index in [-0.39, 0.29) is 0 Å². The summed E-state index contributed by atoms with van der Waals surface area (Å²) in [6, 6.07) is 8.26. The number of hydrogen-bond donors (Lipinski definition) is 0. The molecule has 0 amide bonds. The molecule has 18 heavy (non-hydrogen) atoms. The van der Waals surface area contributed by atoms with Crippen LogP contribution in [0.25, 0.3) is 0 Å². The van der Waals surface area contributed by atoms with Gasteiger partial charge >= 0.3 is 0 Å². The van der Waals surface area contributed by atoms with Crippen molar-refractivity contribution >= 4 is 5.69 Å². The summed E-state index contributed by atoms with van der Waals surface area (Å²) in [6.45, 7) is 7.50. The smallest absolute Gasteiger partial charge is 0.142 e. The summed E-state index contributed by atoms with van der Waals surface area (Å²) in [5.41, 5.74) is 1.21. The van der Waals surface area contributed by atoms with Gasteiger partial charge in [-0.3, -0.25) is 4.90 Å². The SMILES string of the molecule is C/C=C/CN1CCN(c2ccccc2OC)CC1. The first-order valence-corrected chi connectivity index (χ1v) is 6.56. The molecule has 1 aliphatic rings. The monoisotopic (exact) mass is 246 g/mol. The number of ether oxygens (including phenoxy) is 1. The van der Waals surface area contributed by atoms with Crippen LogP contribution in [-0.2, 0) is 0 Å². The Hall–Kier alpha value is -1.48. The van der Waals surface area contributed by atoms with E-state index in [1.165, 1.54) is 5.69 Å². The van der Waals surface area contributed by atoms with Crippen molar-refractivity contribution in [3.63, 3.8) is 0 Å². The van der Waals surface area contributed by atoms with E-state index >= 15 is 0 Å². The van der Waals surface area contributed by atoms with Gasteiger partial charge in [0.25, 0.3) is 0 Å². The number of allylic oxidation sites excluding steroid dienone is 1. The number of hydrogen-bond acceptors (Lipinski definition) is 3. The second-order valence-electron chi connectivity index (χ2n) is 4.53. The van der Waals surface area contributed by atoms with Gasteiger partial charge in [0.1, 0.15) is 5.75 Å². The van der Waals surface area contributed by atoms with Gasteiger partial charge in [-0.1, -0.05) is 24.3 Å². The number of rotatable bonds is 4. The molecule has 1 fully saturated rings. The van der Waals surface area contributed by atoms with Crippen LogP contribution in [0.1, 0.15) is 6.92 Å². The first-order chi connectivity index (χ1) is 8.85. The zero-order chi connectivity index (χ0) is 12.8. The lowest BCUT2D eigenvalue weighted by atomic mass is 10.2. The van der Waals surface area contributed by atoms with Gasteiger partial charge in [0.05, 0.1) is 12.8 Å². The highest BCUT2D eigenvalue weighted by atomic mass is 16.5. The summed E-state index contributed by atoms with van der Waals surface area (Å²) < 4.78 is 5.42. The number of benzene rings is 1. The van der Waals surface area contributed by atoms with Crippen LogP contribution < -0.4 is 9.64 Å². The minimum atomic E-state index is 0.972. The lowest BCUT2D eigenvalue weighted by Gasteiger charge is -2.36. The number of para-hydroxylation sites is 2. The third-order valence-electron chi connectivity index (χ3n) is 3.40. The minimum absolute atomic E-state index is 0.972. The molecule has 98 valence electrons. The second-order valence-corrected chi connectivity index (χ2v) is 4.53. The highest BCUT2D eigenvalue weighted by molar-refractivity contribution is 5.58. The number of methoxy groups -OCH3 is 1. The maximum atomic E-state index is 5.42. The van der Waals surface area contributed by atoms with Crippen LogP contribution in [-0.4, -0.2) is 44.7 Å². The van der Waals surface area contributed by atoms with Crippen LogP contribution in [0.3, 0.4) is 0 Å². The van der Waals surface area contributed by atoms with E-state index in [4.69, 9.17) is 4.74 Å². The molecular formula is C15H22N2O. The Bertz CT molecular complexity index is 395. The Morgan fingerprint density at radius 2 is 1.89 bits per heavy atom. The van der Waals surface area contributed by atoms with Crippen molar-refractivity contribution in [3.8, 4) is 5.75 Å². The molecule has 0 N–H and O–H groups in total. The Balaban J connectivity index is 1.96. The standard InChI is InChI=1S/C15H22N2O/c1-3-4-9-16-10-12-17(13-11-16)14-7-5-6-8-15(14)18-2/h3-8H,9-13H2,1-2H3/b4-3+. The maximum absolute atomic E-state index is 5.42. The van der Waals surface area contributed by atoms with Crippen molar-refractivity contribution < 1.29 is 4.74 Å². The Labute approximate surface area is 110 Å². The summed E-state index contributed by atoms with van der Waals surface area (Å²) in [6.07, 6.45) is 4.34. The van der Waals surface area contributed by atoms with Gasteiger partial charge in [-0.15, -0.1) is 0 Å². The molecule has 0 saturated carbocycles. The molecule has 1 aliphatic heterocycles. The van der Waals surface area contributed by atoms with Gasteiger partial charge in [0.15, 0.2) is 0 Å². The fourth-order valence-electron chi connectivity index (χ4n) is 2.32. The van der Waals surface area contributed by atoms with Gasteiger partial charge in [0, 0.05) is 32.7 Å². The van der Waals surface area contributed by atoms with E-state index < -0.39 is 0 Å². The van der Waals surface area contributed by atoms with Crippen LogP contribution in [0.2, 0.25) is 0 Å². The van der Waals surface area contributed by atoms with Crippen molar-refractivity contribution in [3.05, 3.63) is 36.4 Å². The molecule has 0 aromatic heterocycles. The van der Waals surface area contributed by atoms with Crippen LogP contribution in [0.4, 0.5) is 5.69 Å². The van der Waals surface area contributed by atoms with Crippen LogP contribution in [0, 0.1) is 0 Å². The van der Waals surface area contributed by atoms with E-state index in [0.29, 0.717) is 0 Å². The first-order valence-electron chi connectivity index (χ1n) is 6.56. The molecule has 0 unspecified atom stereocenters. The van der Waals surface area contributed by atoms with Gasteiger partial charge in [-0.2, -0.15) is 0 Å². The topological polar surface area (TPSA) is 15.7 Å². The zero-order valence-electron chi connectivity index (χ0n) is 11.3. The van der Waals surface area contributed by atoms with Crippen molar-refractivity contribution in [2.24, 2.45) is 0 Å². The summed E-state index contributed by atoms with van der Waals surface area (Å²) in [7, 11) is 1.74. The third kappa shape index (κ3) is 3.05. The van der Waals surface area contributed by atoms with Crippen molar-refractivity contribution in [2.45, 2.75) is 6.92 Å². The molecule has 0 radical (unpaired) electrons. The second kappa shape index (κ2) is 6.45. The van der Waals surface area contributed by atoms with Crippen molar-refractivity contribution in [1.29, 1.82) is 0 Å². The highest BCUT2D eigenvalue weighted by Crippen LogP contribution is 2.28. The molecule has 3 nitrogen and oxygen atoms in total. The van der Waals surface area contributed by atoms with Crippen LogP contribution in [0.5, 0.6) is 5.75 Å². The van der Waals surface area contributed by atoms with E-state index in [2.05, 4.69) is 41.0 Å². The molecule has 0 atom stereocenters. The lowest BCUT2D eigenvalue weighted by molar-refractivity contribution is 0.283. The number of nitrogens with zero attached hydrogens (tertiary/aromatic N) is 2. The van der Waals surface area contributed by atoms with E-state index in [9.17, 15) is 0 Å². The number of anilines is 1. The van der Waals surface area contributed by atoms with Crippen molar-refractivity contribution in [1.82, 2.24) is 4.90 Å². The molecule has 2 rings (SSSR count). The summed E-state index contributed by atoms with van der Waals surface area (Å²) in [5, 5.41) is 0. The average molecular weight is 246 g/mol. The molecule has 0 bridgehead atoms. The molecule has 0 spiro atoms. The molecule has 1 aromatic rings. The van der Waals surface area contributed by atoms with Crippen LogP contribution >= 0.6 is 0 Å². The van der Waals surface area contributed by atoms with E-state index in [0.717, 1.165) is 38.5 Å². The van der Waals surface area contributed by atoms with Gasteiger partial charge in [-0.05, 0) is 19.1 Å². The molecular weight excluding hydrogens is 224 g/mol. The average Bonchev–Trinajstić information content (AvgIpc) is 2.45. The Morgan fingerprint density at radius 1 is 1.17 bits per heavy atom. The predicted molar refractivity (Wildman–Crippen MR) is 76.5 cm³/mol. The number of piperazine rings is 1. The minimum Gasteiger partial charge on any atom is -0.495 e. The molecule has 3 heteroatoms. The molecule has 0 aliphatic carbocycles. The Kier molecular flexibility index (Phi) is 4.65. The first kappa shape index (κ1) is 13.0. The van der Waals surface area contributed by atoms with Crippen molar-refractivity contribution in [2.75, 3.05) is 44.7 Å². The molecule has 1 aromatic carbocycles. The molecule has 1 heterocycles. The predicted octanol–water partition coefficient (Wildman–Crippen LogP) is 2.39. The fourth-order valence-corrected chi connectivity index (χ4v) is 2.32. The van der Waals surface area contributed by atoms with E-state index in [1.807, 2.05) is 12.1 Å². The van der Waals surface area contributed by atoms with Gasteiger partial charge in [0.2, 0.25) is 0 Å². The highest BCUT2D eigenvalue weighted by Gasteiger charge is 2.18. The molecule has 1 saturated heterocycles. The normalized spacial score (nSPS) is 17.3. The quantitative estimate of drug-likeness (QED) is 0.759. The van der Waals surface area contributed by atoms with Crippen LogP contribution in [0.15, 0.2) is 36.4 Å². The maximum Gasteiger partial charge on any atom is 0.142 e. The van der Waals surface area contributed by atoms with Gasteiger partial charge in [-0.25, -0.2) is 0 Å². The third-order valence-corrected chi connectivity index (χ3v) is 3.40. The lowest BCUT2D eigenvalue weighted by Crippen LogP contribution is -2.46. The Morgan fingerprint density at radius 3 is 2.56 bits per heavy atom.